The van der Waals surface area contributed by atoms with E-state index in [9.17, 15) is 0 Å². The third-order valence-electron chi connectivity index (χ3n) is 5.69. The maximum Gasteiger partial charge on any atom is 0.241 e. The van der Waals surface area contributed by atoms with Crippen molar-refractivity contribution in [2.45, 2.75) is 44.9 Å². The van der Waals surface area contributed by atoms with E-state index in [2.05, 4.69) is 28.2 Å². The Labute approximate surface area is 164 Å². The highest BCUT2D eigenvalue weighted by Crippen LogP contribution is 2.36. The Balaban J connectivity index is 1.67. The molecule has 0 aliphatic heterocycles. The van der Waals surface area contributed by atoms with Crippen molar-refractivity contribution in [2.75, 3.05) is 6.61 Å². The summed E-state index contributed by atoms with van der Waals surface area (Å²) in [7, 11) is 0. The SMILES string of the molecule is CCOc1nc(C2CCCCC2)nc2c1[nH]c1cc(-c3ccncc3)ccc12. The van der Waals surface area contributed by atoms with Crippen LogP contribution in [-0.2, 0) is 0 Å². The van der Waals surface area contributed by atoms with Gasteiger partial charge in [0.1, 0.15) is 16.9 Å². The van der Waals surface area contributed by atoms with Gasteiger partial charge >= 0.3 is 0 Å². The minimum atomic E-state index is 0.443. The van der Waals surface area contributed by atoms with Crippen LogP contribution < -0.4 is 4.74 Å². The number of nitrogens with zero attached hydrogens (tertiary/aromatic N) is 3. The lowest BCUT2D eigenvalue weighted by Gasteiger charge is -2.20. The van der Waals surface area contributed by atoms with Gasteiger partial charge in [0.25, 0.3) is 0 Å². The average molecular weight is 372 g/mol. The van der Waals surface area contributed by atoms with Crippen LogP contribution in [0.25, 0.3) is 33.1 Å². The molecule has 4 aromatic rings. The Morgan fingerprint density at radius 3 is 2.61 bits per heavy atom. The highest BCUT2D eigenvalue weighted by atomic mass is 16.5. The van der Waals surface area contributed by atoms with Crippen LogP contribution >= 0.6 is 0 Å². The zero-order valence-corrected chi connectivity index (χ0v) is 16.1. The van der Waals surface area contributed by atoms with Crippen LogP contribution in [-0.4, -0.2) is 26.5 Å². The van der Waals surface area contributed by atoms with Gasteiger partial charge in [-0.3, -0.25) is 4.98 Å². The lowest BCUT2D eigenvalue weighted by Crippen LogP contribution is -2.10. The van der Waals surface area contributed by atoms with Gasteiger partial charge in [-0.1, -0.05) is 31.4 Å². The maximum atomic E-state index is 5.90. The molecular formula is C23H24N4O. The van der Waals surface area contributed by atoms with Crippen molar-refractivity contribution < 1.29 is 4.74 Å². The van der Waals surface area contributed by atoms with Gasteiger partial charge in [-0.05, 0) is 49.1 Å². The van der Waals surface area contributed by atoms with Crippen molar-refractivity contribution in [2.24, 2.45) is 0 Å². The Morgan fingerprint density at radius 2 is 1.82 bits per heavy atom. The fraction of sp³-hybridized carbons (Fsp3) is 0.348. The number of hydrogen-bond acceptors (Lipinski definition) is 4. The van der Waals surface area contributed by atoms with Gasteiger partial charge in [0.15, 0.2) is 0 Å². The van der Waals surface area contributed by atoms with E-state index in [1.807, 2.05) is 31.5 Å². The van der Waals surface area contributed by atoms with Crippen LogP contribution in [0.3, 0.4) is 0 Å². The second-order valence-corrected chi connectivity index (χ2v) is 7.50. The Morgan fingerprint density at radius 1 is 1.00 bits per heavy atom. The summed E-state index contributed by atoms with van der Waals surface area (Å²) in [6.45, 7) is 2.59. The van der Waals surface area contributed by atoms with E-state index in [0.717, 1.165) is 38.9 Å². The van der Waals surface area contributed by atoms with Crippen molar-refractivity contribution in [3.63, 3.8) is 0 Å². The summed E-state index contributed by atoms with van der Waals surface area (Å²) in [4.78, 5) is 17.4. The van der Waals surface area contributed by atoms with Crippen molar-refractivity contribution in [1.82, 2.24) is 19.9 Å². The van der Waals surface area contributed by atoms with Gasteiger partial charge < -0.3 is 9.72 Å². The molecule has 5 nitrogen and oxygen atoms in total. The van der Waals surface area contributed by atoms with E-state index in [1.54, 1.807) is 0 Å². The summed E-state index contributed by atoms with van der Waals surface area (Å²) in [5, 5.41) is 1.12. The number of nitrogens with one attached hydrogen (secondary N) is 1. The molecule has 0 radical (unpaired) electrons. The summed E-state index contributed by atoms with van der Waals surface area (Å²) in [6.07, 6.45) is 9.83. The first-order valence-electron chi connectivity index (χ1n) is 10.2. The van der Waals surface area contributed by atoms with Crippen molar-refractivity contribution in [3.05, 3.63) is 48.5 Å². The summed E-state index contributed by atoms with van der Waals surface area (Å²) >= 11 is 0. The summed E-state index contributed by atoms with van der Waals surface area (Å²) in [5.74, 6) is 2.06. The minimum Gasteiger partial charge on any atom is -0.476 e. The molecule has 1 saturated carbocycles. The van der Waals surface area contributed by atoms with Crippen LogP contribution in [0.1, 0.15) is 50.8 Å². The Kier molecular flexibility index (Phi) is 4.43. The summed E-state index contributed by atoms with van der Waals surface area (Å²) < 4.78 is 5.90. The zero-order valence-electron chi connectivity index (χ0n) is 16.1. The third-order valence-corrected chi connectivity index (χ3v) is 5.69. The molecule has 28 heavy (non-hydrogen) atoms. The van der Waals surface area contributed by atoms with Gasteiger partial charge in [-0.25, -0.2) is 4.98 Å². The van der Waals surface area contributed by atoms with Crippen LogP contribution in [0.15, 0.2) is 42.7 Å². The number of benzene rings is 1. The maximum absolute atomic E-state index is 5.90. The molecule has 142 valence electrons. The second kappa shape index (κ2) is 7.23. The number of fused-ring (bicyclic) bond motifs is 3. The normalized spacial score (nSPS) is 15.3. The zero-order chi connectivity index (χ0) is 18.9. The van der Waals surface area contributed by atoms with Crippen molar-refractivity contribution >= 4 is 21.9 Å². The molecule has 1 aliphatic rings. The lowest BCUT2D eigenvalue weighted by molar-refractivity contribution is 0.326. The van der Waals surface area contributed by atoms with Crippen LogP contribution in [0.2, 0.25) is 0 Å². The van der Waals surface area contributed by atoms with E-state index in [0.29, 0.717) is 18.4 Å². The highest BCUT2D eigenvalue weighted by Gasteiger charge is 2.22. The number of hydrogen-bond donors (Lipinski definition) is 1. The topological polar surface area (TPSA) is 63.7 Å². The average Bonchev–Trinajstić information content (AvgIpc) is 3.13. The molecule has 1 fully saturated rings. The summed E-state index contributed by atoms with van der Waals surface area (Å²) in [5.41, 5.74) is 5.22. The first kappa shape index (κ1) is 17.2. The molecule has 0 unspecified atom stereocenters. The number of ether oxygens (including phenoxy) is 1. The summed E-state index contributed by atoms with van der Waals surface area (Å²) in [6, 6.07) is 10.5. The predicted molar refractivity (Wildman–Crippen MR) is 112 cm³/mol. The smallest absolute Gasteiger partial charge is 0.241 e. The van der Waals surface area contributed by atoms with E-state index in [4.69, 9.17) is 14.7 Å². The lowest BCUT2D eigenvalue weighted by atomic mass is 9.88. The van der Waals surface area contributed by atoms with Crippen molar-refractivity contribution in [3.8, 4) is 17.0 Å². The first-order valence-corrected chi connectivity index (χ1v) is 10.2. The molecule has 0 spiro atoms. The monoisotopic (exact) mass is 372 g/mol. The molecule has 1 aromatic carbocycles. The van der Waals surface area contributed by atoms with Crippen LogP contribution in [0.5, 0.6) is 5.88 Å². The van der Waals surface area contributed by atoms with Crippen LogP contribution in [0.4, 0.5) is 0 Å². The molecule has 0 atom stereocenters. The Hall–Kier alpha value is -2.95. The van der Waals surface area contributed by atoms with Gasteiger partial charge in [0.05, 0.1) is 6.61 Å². The number of H-pyrrole nitrogens is 1. The van der Waals surface area contributed by atoms with Gasteiger partial charge in [-0.15, -0.1) is 0 Å². The van der Waals surface area contributed by atoms with E-state index < -0.39 is 0 Å². The van der Waals surface area contributed by atoms with E-state index in [-0.39, 0.29) is 0 Å². The fourth-order valence-corrected chi connectivity index (χ4v) is 4.26. The largest absolute Gasteiger partial charge is 0.476 e. The number of pyridine rings is 1. The molecule has 0 saturated heterocycles. The molecule has 5 heteroatoms. The molecular weight excluding hydrogens is 348 g/mol. The molecule has 1 N–H and O–H groups in total. The number of aromatic amines is 1. The molecule has 0 bridgehead atoms. The van der Waals surface area contributed by atoms with Gasteiger partial charge in [0.2, 0.25) is 5.88 Å². The van der Waals surface area contributed by atoms with Gasteiger partial charge in [-0.2, -0.15) is 4.98 Å². The number of aromatic nitrogens is 4. The van der Waals surface area contributed by atoms with Crippen LogP contribution in [0, 0.1) is 0 Å². The molecule has 0 amide bonds. The highest BCUT2D eigenvalue weighted by molar-refractivity contribution is 6.07. The molecule has 3 heterocycles. The molecule has 1 aliphatic carbocycles. The van der Waals surface area contributed by atoms with Crippen molar-refractivity contribution in [1.29, 1.82) is 0 Å². The third kappa shape index (κ3) is 3.01. The standard InChI is InChI=1S/C23H24N4O/c1-2-28-23-21-20(26-22(27-23)16-6-4-3-5-7-16)18-9-8-17(14-19(18)25-21)15-10-12-24-13-11-15/h8-14,16,25H,2-7H2,1H3. The first-order chi connectivity index (χ1) is 13.8. The second-order valence-electron chi connectivity index (χ2n) is 7.50. The van der Waals surface area contributed by atoms with E-state index >= 15 is 0 Å². The fourth-order valence-electron chi connectivity index (χ4n) is 4.26. The molecule has 3 aromatic heterocycles. The Bertz CT molecular complexity index is 1110. The predicted octanol–water partition coefficient (Wildman–Crippen LogP) is 5.62. The number of rotatable bonds is 4. The minimum absolute atomic E-state index is 0.443. The molecule has 5 rings (SSSR count). The van der Waals surface area contributed by atoms with Gasteiger partial charge in [0, 0.05) is 29.2 Å². The van der Waals surface area contributed by atoms with E-state index in [1.165, 1.54) is 32.1 Å². The quantitative estimate of drug-likeness (QED) is 0.505.